The van der Waals surface area contributed by atoms with E-state index in [0.717, 1.165) is 5.92 Å². The Hall–Kier alpha value is -0.820. The molecule has 17 heavy (non-hydrogen) atoms. The summed E-state index contributed by atoms with van der Waals surface area (Å²) in [4.78, 5) is 0. The molecule has 1 aromatic rings. The standard InChI is InChI=1S/C16H25N/c1-11-9-12(2)16(13(3)10-11)15(17-4)8-7-14-5-6-14/h9-10,14-15,17H,5-8H2,1-4H3. The highest BCUT2D eigenvalue weighted by molar-refractivity contribution is 5.39. The number of aryl methyl sites for hydroxylation is 3. The first-order chi connectivity index (χ1) is 8.11. The van der Waals surface area contributed by atoms with E-state index in [2.05, 4.69) is 45.3 Å². The number of hydrogen-bond donors (Lipinski definition) is 1. The van der Waals surface area contributed by atoms with Gasteiger partial charge in [0.2, 0.25) is 0 Å². The molecular formula is C16H25N. The van der Waals surface area contributed by atoms with Crippen molar-refractivity contribution in [1.29, 1.82) is 0 Å². The molecule has 1 aliphatic rings. The van der Waals surface area contributed by atoms with Gasteiger partial charge in [-0.05, 0) is 63.3 Å². The van der Waals surface area contributed by atoms with Crippen molar-refractivity contribution < 1.29 is 0 Å². The molecule has 1 aromatic carbocycles. The van der Waals surface area contributed by atoms with Gasteiger partial charge in [0.1, 0.15) is 0 Å². The Labute approximate surface area is 106 Å². The van der Waals surface area contributed by atoms with Gasteiger partial charge in [0.25, 0.3) is 0 Å². The summed E-state index contributed by atoms with van der Waals surface area (Å²) >= 11 is 0. The van der Waals surface area contributed by atoms with Gasteiger partial charge in [-0.15, -0.1) is 0 Å². The van der Waals surface area contributed by atoms with Gasteiger partial charge in [0, 0.05) is 6.04 Å². The quantitative estimate of drug-likeness (QED) is 0.805. The molecule has 0 aromatic heterocycles. The molecule has 2 rings (SSSR count). The van der Waals surface area contributed by atoms with E-state index in [9.17, 15) is 0 Å². The van der Waals surface area contributed by atoms with Crippen LogP contribution in [0.25, 0.3) is 0 Å². The lowest BCUT2D eigenvalue weighted by Gasteiger charge is -2.22. The van der Waals surface area contributed by atoms with Gasteiger partial charge in [-0.1, -0.05) is 30.5 Å². The van der Waals surface area contributed by atoms with Crippen LogP contribution in [-0.2, 0) is 0 Å². The maximum absolute atomic E-state index is 3.50. The molecule has 0 spiro atoms. The molecule has 1 heteroatoms. The smallest absolute Gasteiger partial charge is 0.0322 e. The molecule has 1 fully saturated rings. The van der Waals surface area contributed by atoms with Crippen molar-refractivity contribution >= 4 is 0 Å². The lowest BCUT2D eigenvalue weighted by molar-refractivity contribution is 0.502. The van der Waals surface area contributed by atoms with Crippen LogP contribution >= 0.6 is 0 Å². The minimum Gasteiger partial charge on any atom is -0.313 e. The second-order valence-corrected chi connectivity index (χ2v) is 5.67. The third kappa shape index (κ3) is 3.10. The van der Waals surface area contributed by atoms with E-state index in [0.29, 0.717) is 6.04 Å². The van der Waals surface area contributed by atoms with Crippen LogP contribution in [0.1, 0.15) is 54.0 Å². The fourth-order valence-electron chi connectivity index (χ4n) is 2.98. The number of benzene rings is 1. The van der Waals surface area contributed by atoms with Gasteiger partial charge in [0.15, 0.2) is 0 Å². The minimum atomic E-state index is 0.538. The first-order valence-corrected chi connectivity index (χ1v) is 6.87. The zero-order chi connectivity index (χ0) is 12.4. The zero-order valence-electron chi connectivity index (χ0n) is 11.6. The monoisotopic (exact) mass is 231 g/mol. The van der Waals surface area contributed by atoms with Crippen LogP contribution in [0.5, 0.6) is 0 Å². The maximum atomic E-state index is 3.50. The molecule has 0 aliphatic heterocycles. The van der Waals surface area contributed by atoms with E-state index in [-0.39, 0.29) is 0 Å². The summed E-state index contributed by atoms with van der Waals surface area (Å²) in [5.41, 5.74) is 5.79. The Morgan fingerprint density at radius 2 is 1.76 bits per heavy atom. The SMILES string of the molecule is CNC(CCC1CC1)c1c(C)cc(C)cc1C. The number of hydrogen-bond acceptors (Lipinski definition) is 1. The minimum absolute atomic E-state index is 0.538. The van der Waals surface area contributed by atoms with E-state index in [1.54, 1.807) is 0 Å². The topological polar surface area (TPSA) is 12.0 Å². The molecule has 0 bridgehead atoms. The van der Waals surface area contributed by atoms with Crippen LogP contribution in [0.15, 0.2) is 12.1 Å². The molecule has 1 atom stereocenters. The highest BCUT2D eigenvalue weighted by Gasteiger charge is 2.23. The first-order valence-electron chi connectivity index (χ1n) is 6.87. The Morgan fingerprint density at radius 1 is 1.18 bits per heavy atom. The molecule has 1 N–H and O–H groups in total. The average Bonchev–Trinajstić information content (AvgIpc) is 3.05. The van der Waals surface area contributed by atoms with Crippen LogP contribution in [0.4, 0.5) is 0 Å². The second-order valence-electron chi connectivity index (χ2n) is 5.67. The highest BCUT2D eigenvalue weighted by Crippen LogP contribution is 2.36. The van der Waals surface area contributed by atoms with Gasteiger partial charge >= 0.3 is 0 Å². The predicted molar refractivity (Wildman–Crippen MR) is 74.4 cm³/mol. The van der Waals surface area contributed by atoms with Crippen molar-refractivity contribution in [2.45, 2.75) is 52.5 Å². The lowest BCUT2D eigenvalue weighted by atomic mass is 9.91. The third-order valence-corrected chi connectivity index (χ3v) is 4.00. The van der Waals surface area contributed by atoms with Gasteiger partial charge in [-0.25, -0.2) is 0 Å². The lowest BCUT2D eigenvalue weighted by Crippen LogP contribution is -2.19. The normalized spacial score (nSPS) is 17.2. The van der Waals surface area contributed by atoms with E-state index in [1.807, 2.05) is 0 Å². The Kier molecular flexibility index (Phi) is 3.88. The summed E-state index contributed by atoms with van der Waals surface area (Å²) in [5, 5.41) is 3.50. The zero-order valence-corrected chi connectivity index (χ0v) is 11.6. The molecule has 1 aliphatic carbocycles. The molecule has 1 nitrogen and oxygen atoms in total. The van der Waals surface area contributed by atoms with Crippen molar-refractivity contribution in [2.24, 2.45) is 5.92 Å². The summed E-state index contributed by atoms with van der Waals surface area (Å²) in [6.45, 7) is 6.68. The average molecular weight is 231 g/mol. The molecular weight excluding hydrogens is 206 g/mol. The van der Waals surface area contributed by atoms with Gasteiger partial charge < -0.3 is 5.32 Å². The van der Waals surface area contributed by atoms with Crippen LogP contribution in [0.3, 0.4) is 0 Å². The first kappa shape index (κ1) is 12.6. The largest absolute Gasteiger partial charge is 0.313 e. The van der Waals surface area contributed by atoms with E-state index in [1.165, 1.54) is 47.9 Å². The molecule has 0 saturated heterocycles. The van der Waals surface area contributed by atoms with Gasteiger partial charge in [0.05, 0.1) is 0 Å². The summed E-state index contributed by atoms with van der Waals surface area (Å²) in [6.07, 6.45) is 5.59. The molecule has 1 unspecified atom stereocenters. The van der Waals surface area contributed by atoms with Gasteiger partial charge in [-0.3, -0.25) is 0 Å². The van der Waals surface area contributed by atoms with Crippen molar-refractivity contribution in [3.63, 3.8) is 0 Å². The van der Waals surface area contributed by atoms with Crippen LogP contribution in [0.2, 0.25) is 0 Å². The third-order valence-electron chi connectivity index (χ3n) is 4.00. The van der Waals surface area contributed by atoms with Crippen LogP contribution < -0.4 is 5.32 Å². The van der Waals surface area contributed by atoms with Crippen molar-refractivity contribution in [3.05, 3.63) is 34.4 Å². The van der Waals surface area contributed by atoms with E-state index in [4.69, 9.17) is 0 Å². The fraction of sp³-hybridized carbons (Fsp3) is 0.625. The van der Waals surface area contributed by atoms with Gasteiger partial charge in [-0.2, -0.15) is 0 Å². The summed E-state index contributed by atoms with van der Waals surface area (Å²) in [5.74, 6) is 1.02. The molecule has 0 amide bonds. The highest BCUT2D eigenvalue weighted by atomic mass is 14.9. The summed E-state index contributed by atoms with van der Waals surface area (Å²) in [7, 11) is 2.09. The molecule has 0 heterocycles. The Balaban J connectivity index is 2.16. The van der Waals surface area contributed by atoms with Crippen molar-refractivity contribution in [1.82, 2.24) is 5.32 Å². The molecule has 1 saturated carbocycles. The van der Waals surface area contributed by atoms with Crippen LogP contribution in [0, 0.1) is 26.7 Å². The second kappa shape index (κ2) is 5.22. The van der Waals surface area contributed by atoms with Crippen molar-refractivity contribution in [2.75, 3.05) is 7.05 Å². The van der Waals surface area contributed by atoms with Crippen LogP contribution in [-0.4, -0.2) is 7.05 Å². The number of rotatable bonds is 5. The molecule has 0 radical (unpaired) electrons. The van der Waals surface area contributed by atoms with E-state index < -0.39 is 0 Å². The summed E-state index contributed by atoms with van der Waals surface area (Å²) < 4.78 is 0. The Bertz CT molecular complexity index is 368. The fourth-order valence-corrected chi connectivity index (χ4v) is 2.98. The number of nitrogens with one attached hydrogen (secondary N) is 1. The maximum Gasteiger partial charge on any atom is 0.0322 e. The molecule has 94 valence electrons. The van der Waals surface area contributed by atoms with E-state index >= 15 is 0 Å². The predicted octanol–water partition coefficient (Wildman–Crippen LogP) is 4.06. The van der Waals surface area contributed by atoms with Crippen molar-refractivity contribution in [3.8, 4) is 0 Å². The Morgan fingerprint density at radius 3 is 2.24 bits per heavy atom. The summed E-state index contributed by atoms with van der Waals surface area (Å²) in [6, 6.07) is 5.16.